The van der Waals surface area contributed by atoms with Gasteiger partial charge in [0.05, 0.1) is 6.20 Å². The number of hydrogen-bond acceptors (Lipinski definition) is 3. The Morgan fingerprint density at radius 1 is 1.24 bits per heavy atom. The Hall–Kier alpha value is -1.94. The number of nitrogens with one attached hydrogen (secondary N) is 1. The summed E-state index contributed by atoms with van der Waals surface area (Å²) in [5, 5.41) is 3.26. The largest absolute Gasteiger partial charge is 0.438 e. The van der Waals surface area contributed by atoms with E-state index in [0.29, 0.717) is 18.5 Å². The van der Waals surface area contributed by atoms with Crippen LogP contribution in [0.3, 0.4) is 0 Å². The number of rotatable bonds is 6. The molecule has 1 aromatic carbocycles. The van der Waals surface area contributed by atoms with Gasteiger partial charge in [0.2, 0.25) is 5.88 Å². The van der Waals surface area contributed by atoms with Crippen LogP contribution in [-0.2, 0) is 13.0 Å². The van der Waals surface area contributed by atoms with Gasteiger partial charge in [-0.05, 0) is 24.1 Å². The molecule has 112 valence electrons. The number of halogens is 1. The molecule has 0 unspecified atom stereocenters. The Balaban J connectivity index is 2.26. The van der Waals surface area contributed by atoms with Crippen LogP contribution in [0.1, 0.15) is 31.9 Å². The van der Waals surface area contributed by atoms with E-state index in [4.69, 9.17) is 4.74 Å². The van der Waals surface area contributed by atoms with Crippen molar-refractivity contribution in [2.24, 2.45) is 0 Å². The zero-order chi connectivity index (χ0) is 15.2. The van der Waals surface area contributed by atoms with Gasteiger partial charge in [0.1, 0.15) is 11.6 Å². The van der Waals surface area contributed by atoms with Gasteiger partial charge < -0.3 is 10.1 Å². The van der Waals surface area contributed by atoms with Crippen LogP contribution in [0.2, 0.25) is 0 Å². The maximum absolute atomic E-state index is 13.4. The standard InChI is InChI=1S/C17H21FN2O/c1-4-13-7-5-6-8-16(13)21-17-14(10-19-12(2)3)9-15(18)11-20-17/h5-9,11-12,19H,4,10H2,1-3H3. The second-order valence-corrected chi connectivity index (χ2v) is 5.22. The number of nitrogens with zero attached hydrogens (tertiary/aromatic N) is 1. The van der Waals surface area contributed by atoms with Crippen molar-refractivity contribution >= 4 is 0 Å². The number of aromatic nitrogens is 1. The highest BCUT2D eigenvalue weighted by atomic mass is 19.1. The van der Waals surface area contributed by atoms with Crippen molar-refractivity contribution < 1.29 is 9.13 Å². The average Bonchev–Trinajstić information content (AvgIpc) is 2.48. The van der Waals surface area contributed by atoms with Gasteiger partial charge in [0, 0.05) is 18.2 Å². The lowest BCUT2D eigenvalue weighted by atomic mass is 10.1. The van der Waals surface area contributed by atoms with Crippen molar-refractivity contribution in [2.75, 3.05) is 0 Å². The van der Waals surface area contributed by atoms with Crippen molar-refractivity contribution in [3.8, 4) is 11.6 Å². The van der Waals surface area contributed by atoms with E-state index in [-0.39, 0.29) is 5.82 Å². The molecule has 0 saturated heterocycles. The molecule has 0 aliphatic heterocycles. The van der Waals surface area contributed by atoms with Crippen LogP contribution in [0.4, 0.5) is 4.39 Å². The molecule has 0 aliphatic carbocycles. The maximum atomic E-state index is 13.4. The molecule has 0 atom stereocenters. The van der Waals surface area contributed by atoms with Gasteiger partial charge in [-0.2, -0.15) is 0 Å². The van der Waals surface area contributed by atoms with Gasteiger partial charge in [0.15, 0.2) is 0 Å². The molecule has 0 amide bonds. The molecule has 2 aromatic rings. The number of pyridine rings is 1. The molecule has 1 aromatic heterocycles. The number of ether oxygens (including phenoxy) is 1. The fourth-order valence-corrected chi connectivity index (χ4v) is 2.00. The van der Waals surface area contributed by atoms with E-state index in [0.717, 1.165) is 23.3 Å². The van der Waals surface area contributed by atoms with E-state index in [1.807, 2.05) is 38.1 Å². The maximum Gasteiger partial charge on any atom is 0.223 e. The monoisotopic (exact) mass is 288 g/mol. The smallest absolute Gasteiger partial charge is 0.223 e. The molecule has 1 N–H and O–H groups in total. The first-order valence-electron chi connectivity index (χ1n) is 7.23. The zero-order valence-corrected chi connectivity index (χ0v) is 12.7. The molecular weight excluding hydrogens is 267 g/mol. The second kappa shape index (κ2) is 7.18. The van der Waals surface area contributed by atoms with E-state index in [9.17, 15) is 4.39 Å². The number of benzene rings is 1. The van der Waals surface area contributed by atoms with Crippen LogP contribution in [-0.4, -0.2) is 11.0 Å². The summed E-state index contributed by atoms with van der Waals surface area (Å²) in [5.41, 5.74) is 1.82. The van der Waals surface area contributed by atoms with Crippen LogP contribution in [0.15, 0.2) is 36.5 Å². The minimum Gasteiger partial charge on any atom is -0.438 e. The summed E-state index contributed by atoms with van der Waals surface area (Å²) in [6, 6.07) is 9.60. The number of aryl methyl sites for hydroxylation is 1. The predicted octanol–water partition coefficient (Wildman–Crippen LogP) is 4.07. The van der Waals surface area contributed by atoms with Crippen molar-refractivity contribution in [3.05, 3.63) is 53.5 Å². The van der Waals surface area contributed by atoms with Gasteiger partial charge >= 0.3 is 0 Å². The molecule has 3 nitrogen and oxygen atoms in total. The molecule has 0 radical (unpaired) electrons. The second-order valence-electron chi connectivity index (χ2n) is 5.22. The Morgan fingerprint density at radius 3 is 2.71 bits per heavy atom. The Labute approximate surface area is 125 Å². The van der Waals surface area contributed by atoms with Crippen LogP contribution < -0.4 is 10.1 Å². The highest BCUT2D eigenvalue weighted by Crippen LogP contribution is 2.27. The van der Waals surface area contributed by atoms with E-state index in [2.05, 4.69) is 17.2 Å². The summed E-state index contributed by atoms with van der Waals surface area (Å²) in [4.78, 5) is 4.09. The van der Waals surface area contributed by atoms with Gasteiger partial charge in [-0.3, -0.25) is 0 Å². The third-order valence-electron chi connectivity index (χ3n) is 3.15. The molecule has 0 spiro atoms. The quantitative estimate of drug-likeness (QED) is 0.870. The molecule has 0 saturated carbocycles. The third-order valence-corrected chi connectivity index (χ3v) is 3.15. The molecule has 21 heavy (non-hydrogen) atoms. The minimum absolute atomic E-state index is 0.309. The average molecular weight is 288 g/mol. The SMILES string of the molecule is CCc1ccccc1Oc1ncc(F)cc1CNC(C)C. The topological polar surface area (TPSA) is 34.1 Å². The lowest BCUT2D eigenvalue weighted by Gasteiger charge is -2.14. The third kappa shape index (κ3) is 4.26. The summed E-state index contributed by atoms with van der Waals surface area (Å²) < 4.78 is 19.3. The Bertz CT molecular complexity index is 599. The molecule has 4 heteroatoms. The summed E-state index contributed by atoms with van der Waals surface area (Å²) >= 11 is 0. The number of hydrogen-bond donors (Lipinski definition) is 1. The lowest BCUT2D eigenvalue weighted by molar-refractivity contribution is 0.441. The van der Waals surface area contributed by atoms with Gasteiger partial charge in [-0.1, -0.05) is 39.0 Å². The van der Waals surface area contributed by atoms with Crippen LogP contribution in [0.25, 0.3) is 0 Å². The fourth-order valence-electron chi connectivity index (χ4n) is 2.00. The van der Waals surface area contributed by atoms with E-state index >= 15 is 0 Å². The summed E-state index contributed by atoms with van der Waals surface area (Å²) in [5.74, 6) is 0.863. The highest BCUT2D eigenvalue weighted by Gasteiger charge is 2.11. The lowest BCUT2D eigenvalue weighted by Crippen LogP contribution is -2.22. The summed E-state index contributed by atoms with van der Waals surface area (Å²) in [6.45, 7) is 6.67. The van der Waals surface area contributed by atoms with E-state index < -0.39 is 0 Å². The van der Waals surface area contributed by atoms with Crippen molar-refractivity contribution in [1.82, 2.24) is 10.3 Å². The van der Waals surface area contributed by atoms with Crippen molar-refractivity contribution in [3.63, 3.8) is 0 Å². The fraction of sp³-hybridized carbons (Fsp3) is 0.353. The molecule has 0 bridgehead atoms. The predicted molar refractivity (Wildman–Crippen MR) is 82.1 cm³/mol. The Morgan fingerprint density at radius 2 is 2.00 bits per heavy atom. The van der Waals surface area contributed by atoms with E-state index in [1.165, 1.54) is 12.3 Å². The molecule has 0 fully saturated rings. The first-order chi connectivity index (χ1) is 10.1. The first kappa shape index (κ1) is 15.4. The van der Waals surface area contributed by atoms with Gasteiger partial charge in [-0.25, -0.2) is 9.37 Å². The highest BCUT2D eigenvalue weighted by molar-refractivity contribution is 5.38. The summed E-state index contributed by atoms with van der Waals surface area (Å²) in [7, 11) is 0. The van der Waals surface area contributed by atoms with Crippen LogP contribution in [0, 0.1) is 5.82 Å². The van der Waals surface area contributed by atoms with Gasteiger partial charge in [0.25, 0.3) is 0 Å². The molecule has 0 aliphatic rings. The molecule has 2 rings (SSSR count). The molecular formula is C17H21FN2O. The molecule has 1 heterocycles. The minimum atomic E-state index is -0.355. The number of para-hydroxylation sites is 1. The first-order valence-corrected chi connectivity index (χ1v) is 7.23. The van der Waals surface area contributed by atoms with Crippen LogP contribution in [0.5, 0.6) is 11.6 Å². The normalized spacial score (nSPS) is 10.9. The van der Waals surface area contributed by atoms with Gasteiger partial charge in [-0.15, -0.1) is 0 Å². The van der Waals surface area contributed by atoms with Crippen molar-refractivity contribution in [1.29, 1.82) is 0 Å². The summed E-state index contributed by atoms with van der Waals surface area (Å²) in [6.07, 6.45) is 2.06. The van der Waals surface area contributed by atoms with Crippen molar-refractivity contribution in [2.45, 2.75) is 39.8 Å². The Kier molecular flexibility index (Phi) is 5.28. The zero-order valence-electron chi connectivity index (χ0n) is 12.7. The van der Waals surface area contributed by atoms with Crippen LogP contribution >= 0.6 is 0 Å². The van der Waals surface area contributed by atoms with E-state index in [1.54, 1.807) is 0 Å².